The molecule has 0 unspecified atom stereocenters. The minimum absolute atomic E-state index is 0.466. The van der Waals surface area contributed by atoms with E-state index in [4.69, 9.17) is 0 Å². The van der Waals surface area contributed by atoms with E-state index in [1.165, 1.54) is 197 Å². The molecule has 18 aromatic carbocycles. The van der Waals surface area contributed by atoms with Crippen molar-refractivity contribution in [3.05, 3.63) is 411 Å². The molecule has 0 bridgehead atoms. The first-order chi connectivity index (χ1) is 62.1. The largest absolute Gasteiger partial charge is 0.310 e. The van der Waals surface area contributed by atoms with Gasteiger partial charge in [0.1, 0.15) is 0 Å². The number of para-hydroxylation sites is 8. The van der Waals surface area contributed by atoms with Gasteiger partial charge in [-0.3, -0.25) is 0 Å². The molecule has 8 heterocycles. The number of fused-ring (bicyclic) bond motifs is 24. The average Bonchev–Trinajstić information content (AvgIpc) is 1.52. The number of rotatable bonds is 16. The van der Waals surface area contributed by atoms with Gasteiger partial charge in [-0.1, -0.05) is 260 Å². The van der Waals surface area contributed by atoms with Crippen LogP contribution in [0.5, 0.6) is 0 Å². The van der Waals surface area contributed by atoms with Crippen LogP contribution in [-0.4, -0.2) is 17.6 Å². The highest BCUT2D eigenvalue weighted by Crippen LogP contribution is 2.54. The Kier molecular flexibility index (Phi) is 16.5. The standard InChI is InChI=1S/C60H46N4.C58H42N4/c1-37(2)39-27-31-43(32-28-39)61(41-15-7-5-8-16-41)51-23-13-25-53-57(51)47-21-11-19-45-49-36-56-50(35-55(49)63(53)59(45)47)46-20-12-22-48-58-52(24-14-26-54(58)64(56)60(46)48)62(42-17-9-6-10-18-42)44-33-29-40(30-34-44)38(3)4;1-3-37-27-31-41(32-28-37)59(39-15-7-5-8-16-39)49-23-13-25-51-55(49)45-21-11-19-43-47-36-54-48(35-53(47)61(51)57(43)45)44-20-12-22-46-56-50(24-14-26-52(56)62(54)58(44)46)60(40-17-9-6-10-18-40)42-33-29-38(4-2)30-34-42/h5-38H,1-4H3;5-36H,3-4H2,1-2H3. The molecule has 8 aromatic heterocycles. The molecule has 8 nitrogen and oxygen atoms in total. The summed E-state index contributed by atoms with van der Waals surface area (Å²) < 4.78 is 10.1. The fraction of sp³-hybridized carbons (Fsp3) is 0.0847. The van der Waals surface area contributed by atoms with E-state index in [1.54, 1.807) is 0 Å². The molecule has 0 radical (unpaired) electrons. The first kappa shape index (κ1) is 73.1. The molecule has 0 aliphatic rings. The molecule has 0 saturated heterocycles. The van der Waals surface area contributed by atoms with Gasteiger partial charge in [-0.15, -0.1) is 0 Å². The Balaban J connectivity index is 0.000000137. The topological polar surface area (TPSA) is 30.6 Å². The van der Waals surface area contributed by atoms with E-state index in [1.807, 2.05) is 0 Å². The number of benzene rings is 18. The Morgan fingerprint density at radius 1 is 0.190 bits per heavy atom. The van der Waals surface area contributed by atoms with Gasteiger partial charge < -0.3 is 37.2 Å². The van der Waals surface area contributed by atoms with Gasteiger partial charge in [0, 0.05) is 132 Å². The van der Waals surface area contributed by atoms with E-state index in [-0.39, 0.29) is 0 Å². The smallest absolute Gasteiger partial charge is 0.0621 e. The molecule has 0 aliphatic carbocycles. The molecule has 0 atom stereocenters. The summed E-state index contributed by atoms with van der Waals surface area (Å²) in [5.74, 6) is 0.932. The van der Waals surface area contributed by atoms with E-state index in [2.05, 4.69) is 467 Å². The maximum Gasteiger partial charge on any atom is 0.0621 e. The lowest BCUT2D eigenvalue weighted by Crippen LogP contribution is -2.10. The van der Waals surface area contributed by atoms with Gasteiger partial charge in [-0.2, -0.15) is 0 Å². The van der Waals surface area contributed by atoms with E-state index < -0.39 is 0 Å². The van der Waals surface area contributed by atoms with Crippen LogP contribution in [0.1, 0.15) is 75.6 Å². The minimum Gasteiger partial charge on any atom is -0.310 e. The molecule has 0 amide bonds. The van der Waals surface area contributed by atoms with Crippen molar-refractivity contribution >= 4 is 221 Å². The molecular weight excluding hydrogens is 1530 g/mol. The van der Waals surface area contributed by atoms with Crippen LogP contribution in [-0.2, 0) is 12.8 Å². The summed E-state index contributed by atoms with van der Waals surface area (Å²) in [7, 11) is 0. The molecule has 8 heteroatoms. The lowest BCUT2D eigenvalue weighted by molar-refractivity contribution is 0.866. The molecule has 26 rings (SSSR count). The monoisotopic (exact) mass is 1620 g/mol. The van der Waals surface area contributed by atoms with Crippen LogP contribution in [0.4, 0.5) is 68.2 Å². The molecule has 0 spiro atoms. The molecule has 0 saturated carbocycles. The molecule has 600 valence electrons. The summed E-state index contributed by atoms with van der Waals surface area (Å²) in [6.07, 6.45) is 2.03. The van der Waals surface area contributed by atoms with E-state index >= 15 is 0 Å². The van der Waals surface area contributed by atoms with Crippen LogP contribution in [0.15, 0.2) is 388 Å². The predicted octanol–water partition coefficient (Wildman–Crippen LogP) is 33.2. The molecule has 126 heavy (non-hydrogen) atoms. The summed E-state index contributed by atoms with van der Waals surface area (Å²) in [5, 5.41) is 20.3. The van der Waals surface area contributed by atoms with Crippen molar-refractivity contribution in [1.29, 1.82) is 0 Å². The Bertz CT molecular complexity index is 8190. The van der Waals surface area contributed by atoms with Crippen molar-refractivity contribution in [2.75, 3.05) is 19.6 Å². The fourth-order valence-corrected chi connectivity index (χ4v) is 21.6. The zero-order valence-electron chi connectivity index (χ0n) is 71.1. The summed E-state index contributed by atoms with van der Waals surface area (Å²) in [5.41, 5.74) is 34.1. The van der Waals surface area contributed by atoms with Crippen LogP contribution in [0.2, 0.25) is 0 Å². The summed E-state index contributed by atoms with van der Waals surface area (Å²) in [4.78, 5) is 9.72. The zero-order valence-corrected chi connectivity index (χ0v) is 71.1. The van der Waals surface area contributed by atoms with Crippen LogP contribution in [0.25, 0.3) is 152 Å². The summed E-state index contributed by atoms with van der Waals surface area (Å²) >= 11 is 0. The first-order valence-corrected chi connectivity index (χ1v) is 44.6. The maximum absolute atomic E-state index is 2.54. The van der Waals surface area contributed by atoms with Crippen molar-refractivity contribution in [1.82, 2.24) is 17.6 Å². The number of nitrogens with zero attached hydrogens (tertiary/aromatic N) is 8. The third-order valence-corrected chi connectivity index (χ3v) is 27.4. The lowest BCUT2D eigenvalue weighted by atomic mass is 10.0. The van der Waals surface area contributed by atoms with Crippen molar-refractivity contribution in [3.8, 4) is 0 Å². The fourth-order valence-electron chi connectivity index (χ4n) is 21.6. The number of hydrogen-bond acceptors (Lipinski definition) is 4. The normalized spacial score (nSPS) is 12.3. The summed E-state index contributed by atoms with van der Waals surface area (Å²) in [6.45, 7) is 13.5. The van der Waals surface area contributed by atoms with Gasteiger partial charge >= 0.3 is 0 Å². The SMILES string of the molecule is CC(C)c1ccc(N(c2ccccc2)c2cccc3c2c2cccc4c5cc6c(cc5n3c42)c2cccc3c4c(N(c5ccccc5)c5ccc(C(C)C)cc5)cccc4n6c23)cc1.CCc1ccc(N(c2ccccc2)c2cccc3c2c2cccc4c5cc6c(cc5n3c42)c2cccc3c4c(N(c5ccccc5)c5ccc(CC)cc5)cccc4n6c23)cc1. The molecule has 0 fully saturated rings. The zero-order chi connectivity index (χ0) is 83.8. The van der Waals surface area contributed by atoms with E-state index in [0.717, 1.165) is 58.3 Å². The molecule has 0 aliphatic heterocycles. The summed E-state index contributed by atoms with van der Waals surface area (Å²) in [6, 6.07) is 144. The Labute approximate surface area is 729 Å². The minimum atomic E-state index is 0.466. The third kappa shape index (κ3) is 10.8. The number of anilines is 12. The van der Waals surface area contributed by atoms with Crippen LogP contribution >= 0.6 is 0 Å². The second-order valence-corrected chi connectivity index (χ2v) is 34.8. The second kappa shape index (κ2) is 28.5. The highest BCUT2D eigenvalue weighted by molar-refractivity contribution is 6.34. The van der Waals surface area contributed by atoms with Gasteiger partial charge in [0.05, 0.1) is 88.9 Å². The first-order valence-electron chi connectivity index (χ1n) is 44.6. The molecule has 26 aromatic rings. The van der Waals surface area contributed by atoms with Gasteiger partial charge in [0.15, 0.2) is 0 Å². The second-order valence-electron chi connectivity index (χ2n) is 34.8. The van der Waals surface area contributed by atoms with Gasteiger partial charge in [0.25, 0.3) is 0 Å². The Hall–Kier alpha value is -15.6. The van der Waals surface area contributed by atoms with Crippen molar-refractivity contribution in [3.63, 3.8) is 0 Å². The predicted molar refractivity (Wildman–Crippen MR) is 537 cm³/mol. The molecular formula is C118H88N8. The van der Waals surface area contributed by atoms with Gasteiger partial charge in [-0.05, 0) is 217 Å². The maximum atomic E-state index is 2.54. The highest BCUT2D eigenvalue weighted by Gasteiger charge is 2.31. The van der Waals surface area contributed by atoms with Crippen molar-refractivity contribution < 1.29 is 0 Å². The van der Waals surface area contributed by atoms with Crippen molar-refractivity contribution in [2.45, 2.75) is 66.2 Å². The lowest BCUT2D eigenvalue weighted by Gasteiger charge is -2.27. The number of hydrogen-bond donors (Lipinski definition) is 0. The van der Waals surface area contributed by atoms with Gasteiger partial charge in [0.2, 0.25) is 0 Å². The number of aromatic nitrogens is 4. The van der Waals surface area contributed by atoms with E-state index in [0.29, 0.717) is 11.8 Å². The van der Waals surface area contributed by atoms with Crippen LogP contribution in [0.3, 0.4) is 0 Å². The number of aryl methyl sites for hydroxylation is 2. The van der Waals surface area contributed by atoms with Gasteiger partial charge in [-0.25, -0.2) is 0 Å². The Morgan fingerprint density at radius 3 is 0.619 bits per heavy atom. The quantitative estimate of drug-likeness (QED) is 0.0965. The Morgan fingerprint density at radius 2 is 0.397 bits per heavy atom. The van der Waals surface area contributed by atoms with E-state index in [9.17, 15) is 0 Å². The molecule has 0 N–H and O–H groups in total. The van der Waals surface area contributed by atoms with Crippen LogP contribution < -0.4 is 19.6 Å². The average molecular weight is 1620 g/mol. The van der Waals surface area contributed by atoms with Crippen molar-refractivity contribution in [2.24, 2.45) is 0 Å². The van der Waals surface area contributed by atoms with Crippen LogP contribution in [0, 0.1) is 0 Å². The highest BCUT2D eigenvalue weighted by atomic mass is 15.2. The third-order valence-electron chi connectivity index (χ3n) is 27.4.